The fourth-order valence-corrected chi connectivity index (χ4v) is 3.85. The Kier molecular flexibility index (Phi) is 7.91. The number of alkyl halides is 3. The fourth-order valence-electron chi connectivity index (χ4n) is 2.68. The molecule has 3 rings (SSSR count). The first kappa shape index (κ1) is 24.2. The van der Waals surface area contributed by atoms with Gasteiger partial charge >= 0.3 is 6.18 Å². The zero-order valence-electron chi connectivity index (χ0n) is 16.6. The van der Waals surface area contributed by atoms with Crippen molar-refractivity contribution in [1.82, 2.24) is 14.8 Å². The Labute approximate surface area is 196 Å². The van der Waals surface area contributed by atoms with Gasteiger partial charge in [0.05, 0.1) is 27.0 Å². The number of halogens is 5. The molecule has 2 aromatic carbocycles. The van der Waals surface area contributed by atoms with Gasteiger partial charge in [0, 0.05) is 6.54 Å². The Bertz CT molecular complexity index is 1110. The number of nitrogens with zero attached hydrogens (tertiary/aromatic N) is 3. The Morgan fingerprint density at radius 1 is 1.19 bits per heavy atom. The van der Waals surface area contributed by atoms with Crippen LogP contribution >= 0.6 is 35.0 Å². The first-order valence-electron chi connectivity index (χ1n) is 9.27. The van der Waals surface area contributed by atoms with Crippen LogP contribution in [0.3, 0.4) is 0 Å². The molecule has 12 heteroatoms. The van der Waals surface area contributed by atoms with E-state index in [1.165, 1.54) is 12.1 Å². The molecule has 6 nitrogen and oxygen atoms in total. The zero-order chi connectivity index (χ0) is 23.3. The first-order chi connectivity index (χ1) is 15.2. The highest BCUT2D eigenvalue weighted by Crippen LogP contribution is 2.32. The van der Waals surface area contributed by atoms with Crippen molar-refractivity contribution in [2.45, 2.75) is 31.4 Å². The molecule has 0 saturated heterocycles. The van der Waals surface area contributed by atoms with E-state index in [0.29, 0.717) is 28.2 Å². The van der Waals surface area contributed by atoms with Gasteiger partial charge in [0.25, 0.3) is 0 Å². The number of benzene rings is 2. The Morgan fingerprint density at radius 2 is 1.94 bits per heavy atom. The smallest absolute Gasteiger partial charge is 0.416 e. The van der Waals surface area contributed by atoms with Crippen LogP contribution in [0, 0.1) is 0 Å². The maximum atomic E-state index is 12.9. The molecule has 0 spiro atoms. The van der Waals surface area contributed by atoms with Gasteiger partial charge in [-0.25, -0.2) is 0 Å². The second-order valence-electron chi connectivity index (χ2n) is 6.40. The molecule has 0 aliphatic heterocycles. The number of thioether (sulfide) groups is 1. The van der Waals surface area contributed by atoms with Crippen LogP contribution in [0.15, 0.2) is 47.6 Å². The fraction of sp³-hybridized carbons (Fsp3) is 0.250. The van der Waals surface area contributed by atoms with Crippen molar-refractivity contribution >= 4 is 46.6 Å². The number of nitrogens with one attached hydrogen (secondary N) is 1. The molecule has 0 aliphatic carbocycles. The molecule has 0 bridgehead atoms. The van der Waals surface area contributed by atoms with Crippen LogP contribution < -0.4 is 10.1 Å². The lowest BCUT2D eigenvalue weighted by molar-refractivity contribution is -0.137. The lowest BCUT2D eigenvalue weighted by Gasteiger charge is -2.11. The molecule has 1 heterocycles. The molecule has 1 N–H and O–H groups in total. The molecule has 0 fully saturated rings. The molecule has 1 amide bonds. The van der Waals surface area contributed by atoms with Crippen molar-refractivity contribution < 1.29 is 22.7 Å². The molecular weight excluding hydrogens is 488 g/mol. The van der Waals surface area contributed by atoms with Crippen molar-refractivity contribution in [3.63, 3.8) is 0 Å². The number of ether oxygens (including phenoxy) is 1. The van der Waals surface area contributed by atoms with Crippen LogP contribution in [-0.4, -0.2) is 26.4 Å². The van der Waals surface area contributed by atoms with Gasteiger partial charge in [0.15, 0.2) is 11.0 Å². The number of amides is 1. The average molecular weight is 505 g/mol. The van der Waals surface area contributed by atoms with Crippen molar-refractivity contribution in [2.75, 3.05) is 11.1 Å². The van der Waals surface area contributed by atoms with Gasteiger partial charge in [-0.1, -0.05) is 47.1 Å². The summed E-state index contributed by atoms with van der Waals surface area (Å²) in [4.78, 5) is 12.3. The highest BCUT2D eigenvalue weighted by Gasteiger charge is 2.30. The summed E-state index contributed by atoms with van der Waals surface area (Å²) in [5.41, 5.74) is -0.397. The van der Waals surface area contributed by atoms with Gasteiger partial charge < -0.3 is 14.6 Å². The first-order valence-corrected chi connectivity index (χ1v) is 11.0. The van der Waals surface area contributed by atoms with E-state index in [4.69, 9.17) is 27.9 Å². The summed E-state index contributed by atoms with van der Waals surface area (Å²) < 4.78 is 45.7. The van der Waals surface area contributed by atoms with E-state index in [1.807, 2.05) is 6.92 Å². The number of aromatic nitrogens is 3. The normalized spacial score (nSPS) is 11.4. The molecule has 3 aromatic rings. The maximum Gasteiger partial charge on any atom is 0.416 e. The van der Waals surface area contributed by atoms with E-state index in [0.717, 1.165) is 23.9 Å². The molecule has 0 unspecified atom stereocenters. The Hall–Kier alpha value is -2.43. The van der Waals surface area contributed by atoms with Gasteiger partial charge in [0.1, 0.15) is 12.4 Å². The maximum absolute atomic E-state index is 12.9. The molecular formula is C20H17Cl2F3N4O2S. The second-order valence-corrected chi connectivity index (χ2v) is 8.12. The summed E-state index contributed by atoms with van der Waals surface area (Å²) >= 11 is 13.2. The van der Waals surface area contributed by atoms with Crippen LogP contribution in [0.25, 0.3) is 0 Å². The summed E-state index contributed by atoms with van der Waals surface area (Å²) in [5, 5.41) is 11.8. The number of hydrogen-bond donors (Lipinski definition) is 1. The average Bonchev–Trinajstić information content (AvgIpc) is 3.15. The van der Waals surface area contributed by atoms with Crippen LogP contribution in [0.2, 0.25) is 10.0 Å². The van der Waals surface area contributed by atoms with Crippen LogP contribution in [-0.2, 0) is 24.1 Å². The minimum Gasteiger partial charge on any atom is -0.486 e. The Balaban J connectivity index is 1.61. The van der Waals surface area contributed by atoms with E-state index in [9.17, 15) is 18.0 Å². The number of carbonyl (C=O) groups is 1. The monoisotopic (exact) mass is 504 g/mol. The molecule has 0 saturated carbocycles. The number of carbonyl (C=O) groups excluding carboxylic acids is 1. The largest absolute Gasteiger partial charge is 0.486 e. The van der Waals surface area contributed by atoms with E-state index in [2.05, 4.69) is 15.5 Å². The minimum absolute atomic E-state index is 0.0372. The van der Waals surface area contributed by atoms with E-state index in [-0.39, 0.29) is 29.0 Å². The summed E-state index contributed by atoms with van der Waals surface area (Å²) in [6.07, 6.45) is -4.46. The lowest BCUT2D eigenvalue weighted by Crippen LogP contribution is -2.15. The van der Waals surface area contributed by atoms with Crippen molar-refractivity contribution in [2.24, 2.45) is 0 Å². The van der Waals surface area contributed by atoms with Gasteiger partial charge in [-0.3, -0.25) is 4.79 Å². The summed E-state index contributed by atoms with van der Waals surface area (Å²) in [6.45, 7) is 2.26. The second kappa shape index (κ2) is 10.5. The SMILES string of the molecule is CCn1c(COc2cccc(C(F)(F)F)c2)nnc1SCC(=O)Nc1cccc(Cl)c1Cl. The molecule has 170 valence electrons. The topological polar surface area (TPSA) is 69.0 Å². The highest BCUT2D eigenvalue weighted by molar-refractivity contribution is 7.99. The third-order valence-electron chi connectivity index (χ3n) is 4.20. The molecule has 0 aliphatic rings. The zero-order valence-corrected chi connectivity index (χ0v) is 18.9. The molecule has 0 atom stereocenters. The van der Waals surface area contributed by atoms with E-state index >= 15 is 0 Å². The summed E-state index contributed by atoms with van der Waals surface area (Å²) in [6, 6.07) is 9.51. The van der Waals surface area contributed by atoms with Crippen molar-refractivity contribution in [1.29, 1.82) is 0 Å². The highest BCUT2D eigenvalue weighted by atomic mass is 35.5. The standard InChI is InChI=1S/C20H17Cl2F3N4O2S/c1-2-29-16(10-31-13-6-3-5-12(9-13)20(23,24)25)27-28-19(29)32-11-17(30)26-15-8-4-7-14(21)18(15)22/h3-9H,2,10-11H2,1H3,(H,26,30). The minimum atomic E-state index is -4.46. The van der Waals surface area contributed by atoms with Gasteiger partial charge in [-0.05, 0) is 37.3 Å². The third-order valence-corrected chi connectivity index (χ3v) is 5.98. The number of rotatable bonds is 8. The lowest BCUT2D eigenvalue weighted by atomic mass is 10.2. The van der Waals surface area contributed by atoms with Crippen molar-refractivity contribution in [3.05, 3.63) is 63.9 Å². The summed E-state index contributed by atoms with van der Waals surface area (Å²) in [7, 11) is 0. The molecule has 0 radical (unpaired) electrons. The quantitative estimate of drug-likeness (QED) is 0.384. The third kappa shape index (κ3) is 6.08. The van der Waals surface area contributed by atoms with Crippen molar-refractivity contribution in [3.8, 4) is 5.75 Å². The van der Waals surface area contributed by atoms with Gasteiger partial charge in [0.2, 0.25) is 5.91 Å². The van der Waals surface area contributed by atoms with Gasteiger partial charge in [-0.2, -0.15) is 13.2 Å². The van der Waals surface area contributed by atoms with E-state index < -0.39 is 11.7 Å². The van der Waals surface area contributed by atoms with Crippen LogP contribution in [0.1, 0.15) is 18.3 Å². The predicted octanol–water partition coefficient (Wildman–Crippen LogP) is 5.93. The van der Waals surface area contributed by atoms with E-state index in [1.54, 1.807) is 22.8 Å². The number of hydrogen-bond acceptors (Lipinski definition) is 5. The van der Waals surface area contributed by atoms with Gasteiger partial charge in [-0.15, -0.1) is 10.2 Å². The Morgan fingerprint density at radius 3 is 2.66 bits per heavy atom. The molecule has 32 heavy (non-hydrogen) atoms. The number of anilines is 1. The van der Waals surface area contributed by atoms with Crippen LogP contribution in [0.5, 0.6) is 5.75 Å². The van der Waals surface area contributed by atoms with Crippen LogP contribution in [0.4, 0.5) is 18.9 Å². The predicted molar refractivity (Wildman–Crippen MR) is 117 cm³/mol. The molecule has 1 aromatic heterocycles. The summed E-state index contributed by atoms with van der Waals surface area (Å²) in [5.74, 6) is 0.213.